The number of nitrogens with two attached hydrogens (primary N) is 1. The topological polar surface area (TPSA) is 97.2 Å². The Labute approximate surface area is 80.4 Å². The van der Waals surface area contributed by atoms with Crippen LogP contribution in [0.2, 0.25) is 0 Å². The fraction of sp³-hybridized carbons (Fsp3) is 0.250. The summed E-state index contributed by atoms with van der Waals surface area (Å²) in [6, 6.07) is 1.48. The molecule has 0 saturated heterocycles. The van der Waals surface area contributed by atoms with Crippen LogP contribution in [0.5, 0.6) is 0 Å². The van der Waals surface area contributed by atoms with E-state index in [1.807, 2.05) is 0 Å². The van der Waals surface area contributed by atoms with Crippen molar-refractivity contribution in [3.63, 3.8) is 0 Å². The Morgan fingerprint density at radius 3 is 2.86 bits per heavy atom. The highest BCUT2D eigenvalue weighted by atomic mass is 16.5. The molecule has 1 amide bonds. The lowest BCUT2D eigenvalue weighted by molar-refractivity contribution is -0.139. The highest BCUT2D eigenvalue weighted by molar-refractivity contribution is 5.95. The molecule has 0 saturated carbocycles. The van der Waals surface area contributed by atoms with Crippen LogP contribution < -0.4 is 11.1 Å². The Morgan fingerprint density at radius 2 is 2.36 bits per heavy atom. The second-order valence-electron chi connectivity index (χ2n) is 2.61. The smallest absolute Gasteiger partial charge is 0.325 e. The predicted octanol–water partition coefficient (Wildman–Crippen LogP) is -0.500. The number of ether oxygens (including phenoxy) is 1. The number of aromatic amines is 1. The van der Waals surface area contributed by atoms with Crippen LogP contribution in [-0.4, -0.2) is 30.5 Å². The van der Waals surface area contributed by atoms with Crippen molar-refractivity contribution in [2.24, 2.45) is 0 Å². The second kappa shape index (κ2) is 4.31. The maximum absolute atomic E-state index is 11.3. The number of methoxy groups -OCH3 is 1. The molecular formula is C8H11N3O3. The van der Waals surface area contributed by atoms with Crippen LogP contribution >= 0.6 is 0 Å². The molecule has 0 radical (unpaired) electrons. The number of nitrogens with one attached hydrogen (secondary N) is 2. The number of rotatable bonds is 3. The third-order valence-corrected chi connectivity index (χ3v) is 1.57. The van der Waals surface area contributed by atoms with Gasteiger partial charge in [0.25, 0.3) is 5.91 Å². The quantitative estimate of drug-likeness (QED) is 0.569. The summed E-state index contributed by atoms with van der Waals surface area (Å²) in [5.74, 6) is -0.898. The second-order valence-corrected chi connectivity index (χ2v) is 2.61. The zero-order chi connectivity index (χ0) is 10.6. The number of anilines is 1. The van der Waals surface area contributed by atoms with Gasteiger partial charge in [0, 0.05) is 11.9 Å². The average Bonchev–Trinajstić information content (AvgIpc) is 2.60. The molecule has 0 aliphatic heterocycles. The summed E-state index contributed by atoms with van der Waals surface area (Å²) >= 11 is 0. The number of esters is 1. The Hall–Kier alpha value is -1.98. The van der Waals surface area contributed by atoms with E-state index < -0.39 is 11.9 Å². The van der Waals surface area contributed by atoms with Crippen molar-refractivity contribution in [2.45, 2.75) is 0 Å². The van der Waals surface area contributed by atoms with Crippen molar-refractivity contribution in [1.29, 1.82) is 0 Å². The lowest BCUT2D eigenvalue weighted by Crippen LogP contribution is -2.30. The van der Waals surface area contributed by atoms with E-state index in [0.29, 0.717) is 11.4 Å². The molecule has 6 nitrogen and oxygen atoms in total. The zero-order valence-corrected chi connectivity index (χ0v) is 7.66. The molecule has 76 valence electrons. The van der Waals surface area contributed by atoms with E-state index in [0.717, 1.165) is 0 Å². The molecule has 0 fully saturated rings. The third-order valence-electron chi connectivity index (χ3n) is 1.57. The molecule has 1 aromatic heterocycles. The van der Waals surface area contributed by atoms with Crippen molar-refractivity contribution >= 4 is 17.6 Å². The van der Waals surface area contributed by atoms with E-state index in [1.54, 1.807) is 0 Å². The average molecular weight is 197 g/mol. The molecular weight excluding hydrogens is 186 g/mol. The number of carbonyl (C=O) groups excluding carboxylic acids is 2. The number of hydrogen-bond donors (Lipinski definition) is 3. The SMILES string of the molecule is COC(=O)CNC(=O)c1cc(N)c[nH]1. The summed E-state index contributed by atoms with van der Waals surface area (Å²) < 4.78 is 4.35. The number of hydrogen-bond acceptors (Lipinski definition) is 4. The highest BCUT2D eigenvalue weighted by Crippen LogP contribution is 2.03. The van der Waals surface area contributed by atoms with Crippen molar-refractivity contribution < 1.29 is 14.3 Å². The van der Waals surface area contributed by atoms with Gasteiger partial charge in [-0.25, -0.2) is 0 Å². The van der Waals surface area contributed by atoms with E-state index in [-0.39, 0.29) is 6.54 Å². The molecule has 1 heterocycles. The molecule has 0 spiro atoms. The molecule has 0 unspecified atom stereocenters. The summed E-state index contributed by atoms with van der Waals surface area (Å²) in [6.07, 6.45) is 1.49. The molecule has 0 aliphatic carbocycles. The molecule has 1 rings (SSSR count). The summed E-state index contributed by atoms with van der Waals surface area (Å²) in [5.41, 5.74) is 6.17. The molecule has 0 aromatic carbocycles. The van der Waals surface area contributed by atoms with Gasteiger partial charge >= 0.3 is 5.97 Å². The van der Waals surface area contributed by atoms with E-state index in [1.165, 1.54) is 19.4 Å². The lowest BCUT2D eigenvalue weighted by Gasteiger charge is -2.01. The van der Waals surface area contributed by atoms with Gasteiger partial charge in [0.1, 0.15) is 12.2 Å². The minimum atomic E-state index is -0.502. The molecule has 0 atom stereocenters. The minimum absolute atomic E-state index is 0.158. The van der Waals surface area contributed by atoms with Gasteiger partial charge in [-0.05, 0) is 6.07 Å². The molecule has 1 aromatic rings. The van der Waals surface area contributed by atoms with Crippen LogP contribution in [0.3, 0.4) is 0 Å². The van der Waals surface area contributed by atoms with Gasteiger partial charge in [0.05, 0.1) is 7.11 Å². The van der Waals surface area contributed by atoms with Gasteiger partial charge in [0.2, 0.25) is 0 Å². The number of H-pyrrole nitrogens is 1. The summed E-state index contributed by atoms with van der Waals surface area (Å²) in [5, 5.41) is 2.36. The first kappa shape index (κ1) is 10.1. The van der Waals surface area contributed by atoms with Gasteiger partial charge in [-0.2, -0.15) is 0 Å². The van der Waals surface area contributed by atoms with Gasteiger partial charge in [0.15, 0.2) is 0 Å². The van der Waals surface area contributed by atoms with Gasteiger partial charge < -0.3 is 20.8 Å². The van der Waals surface area contributed by atoms with E-state index in [2.05, 4.69) is 15.0 Å². The first-order chi connectivity index (χ1) is 6.63. The predicted molar refractivity (Wildman–Crippen MR) is 49.6 cm³/mol. The number of carbonyl (C=O) groups is 2. The van der Waals surface area contributed by atoms with Crippen LogP contribution in [0.25, 0.3) is 0 Å². The van der Waals surface area contributed by atoms with Gasteiger partial charge in [-0.3, -0.25) is 9.59 Å². The molecule has 6 heteroatoms. The Bertz CT molecular complexity index is 345. The number of aromatic nitrogens is 1. The third kappa shape index (κ3) is 2.51. The van der Waals surface area contributed by atoms with Crippen LogP contribution in [0.1, 0.15) is 10.5 Å². The number of nitrogen functional groups attached to an aromatic ring is 1. The summed E-state index contributed by atoms with van der Waals surface area (Å²) in [6.45, 7) is -0.158. The highest BCUT2D eigenvalue weighted by Gasteiger charge is 2.08. The standard InChI is InChI=1S/C8H11N3O3/c1-14-7(12)4-11-8(13)6-2-5(9)3-10-6/h2-3,10H,4,9H2,1H3,(H,11,13). The first-order valence-electron chi connectivity index (χ1n) is 3.92. The molecule has 0 aliphatic rings. The van der Waals surface area contributed by atoms with Crippen LogP contribution in [0, 0.1) is 0 Å². The number of amides is 1. The summed E-state index contributed by atoms with van der Waals surface area (Å²) in [4.78, 5) is 24.6. The molecule has 4 N–H and O–H groups in total. The van der Waals surface area contributed by atoms with Crippen LogP contribution in [-0.2, 0) is 9.53 Å². The Morgan fingerprint density at radius 1 is 1.64 bits per heavy atom. The largest absolute Gasteiger partial charge is 0.468 e. The van der Waals surface area contributed by atoms with Crippen LogP contribution in [0.4, 0.5) is 5.69 Å². The van der Waals surface area contributed by atoms with Crippen molar-refractivity contribution in [2.75, 3.05) is 19.4 Å². The summed E-state index contributed by atoms with van der Waals surface area (Å²) in [7, 11) is 1.25. The Kier molecular flexibility index (Phi) is 3.11. The van der Waals surface area contributed by atoms with Gasteiger partial charge in [-0.1, -0.05) is 0 Å². The van der Waals surface area contributed by atoms with Crippen molar-refractivity contribution in [3.05, 3.63) is 18.0 Å². The van der Waals surface area contributed by atoms with Gasteiger partial charge in [-0.15, -0.1) is 0 Å². The van der Waals surface area contributed by atoms with E-state index in [4.69, 9.17) is 5.73 Å². The maximum Gasteiger partial charge on any atom is 0.325 e. The fourth-order valence-electron chi connectivity index (χ4n) is 0.862. The van der Waals surface area contributed by atoms with Crippen LogP contribution in [0.15, 0.2) is 12.3 Å². The molecule has 0 bridgehead atoms. The monoisotopic (exact) mass is 197 g/mol. The minimum Gasteiger partial charge on any atom is -0.468 e. The van der Waals surface area contributed by atoms with Crippen molar-refractivity contribution in [1.82, 2.24) is 10.3 Å². The Balaban J connectivity index is 2.47. The fourth-order valence-corrected chi connectivity index (χ4v) is 0.862. The van der Waals surface area contributed by atoms with Crippen molar-refractivity contribution in [3.8, 4) is 0 Å². The molecule has 14 heavy (non-hydrogen) atoms. The van der Waals surface area contributed by atoms with E-state index >= 15 is 0 Å². The maximum atomic E-state index is 11.3. The lowest BCUT2D eigenvalue weighted by atomic mass is 10.4. The van der Waals surface area contributed by atoms with E-state index in [9.17, 15) is 9.59 Å². The zero-order valence-electron chi connectivity index (χ0n) is 7.66. The first-order valence-corrected chi connectivity index (χ1v) is 3.92. The normalized spacial score (nSPS) is 9.50.